The molecule has 0 radical (unpaired) electrons. The summed E-state index contributed by atoms with van der Waals surface area (Å²) in [6.07, 6.45) is 3.91. The fourth-order valence-electron chi connectivity index (χ4n) is 1.75. The van der Waals surface area contributed by atoms with Crippen LogP contribution >= 0.6 is 0 Å². The van der Waals surface area contributed by atoms with Gasteiger partial charge in [-0.1, -0.05) is 0 Å². The number of rotatable bonds is 8. The van der Waals surface area contributed by atoms with Gasteiger partial charge in [0.15, 0.2) is 0 Å². The molecule has 88 valence electrons. The van der Waals surface area contributed by atoms with Crippen molar-refractivity contribution >= 4 is 5.97 Å². The van der Waals surface area contributed by atoms with E-state index >= 15 is 0 Å². The molecule has 4 heteroatoms. The molecule has 0 saturated heterocycles. The lowest BCUT2D eigenvalue weighted by molar-refractivity contribution is -0.137. The molecule has 0 aliphatic heterocycles. The predicted octanol–water partition coefficient (Wildman–Crippen LogP) is 0.877. The molecule has 0 heterocycles. The van der Waals surface area contributed by atoms with Crippen LogP contribution in [0.15, 0.2) is 0 Å². The lowest BCUT2D eigenvalue weighted by Crippen LogP contribution is -2.31. The second-order valence-corrected chi connectivity index (χ2v) is 4.57. The fourth-order valence-corrected chi connectivity index (χ4v) is 1.75. The Labute approximate surface area is 91.9 Å². The molecule has 4 nitrogen and oxygen atoms in total. The highest BCUT2D eigenvalue weighted by molar-refractivity contribution is 5.66. The first-order chi connectivity index (χ1) is 7.09. The molecule has 0 aromatic rings. The van der Waals surface area contributed by atoms with Gasteiger partial charge in [-0.25, -0.2) is 0 Å². The van der Waals surface area contributed by atoms with E-state index in [1.807, 2.05) is 0 Å². The zero-order valence-corrected chi connectivity index (χ0v) is 9.78. The average Bonchev–Trinajstić information content (AvgIpc) is 2.93. The third kappa shape index (κ3) is 5.74. The standard InChI is InChI=1S/C11H22N2O2/c1-12(2)7-3-8-13(10-4-5-10)9-6-11(14)15/h10H,3-9H2,1-2H3,(H,14,15). The largest absolute Gasteiger partial charge is 0.481 e. The van der Waals surface area contributed by atoms with Crippen LogP contribution in [-0.2, 0) is 4.79 Å². The van der Waals surface area contributed by atoms with Crippen LogP contribution in [0.3, 0.4) is 0 Å². The third-order valence-electron chi connectivity index (χ3n) is 2.73. The number of carboxylic acids is 1. The molecule has 0 unspecified atom stereocenters. The minimum Gasteiger partial charge on any atom is -0.481 e. The molecular weight excluding hydrogens is 192 g/mol. The van der Waals surface area contributed by atoms with Crippen molar-refractivity contribution in [3.05, 3.63) is 0 Å². The Morgan fingerprint density at radius 1 is 1.27 bits per heavy atom. The van der Waals surface area contributed by atoms with Crippen LogP contribution in [0.5, 0.6) is 0 Å². The summed E-state index contributed by atoms with van der Waals surface area (Å²) in [6, 6.07) is 0.673. The summed E-state index contributed by atoms with van der Waals surface area (Å²) in [5.41, 5.74) is 0. The maximum absolute atomic E-state index is 10.5. The van der Waals surface area contributed by atoms with Gasteiger partial charge < -0.3 is 10.0 Å². The Hall–Kier alpha value is -0.610. The second-order valence-electron chi connectivity index (χ2n) is 4.57. The first-order valence-electron chi connectivity index (χ1n) is 5.70. The lowest BCUT2D eigenvalue weighted by Gasteiger charge is -2.21. The van der Waals surface area contributed by atoms with Crippen LogP contribution in [0.25, 0.3) is 0 Å². The van der Waals surface area contributed by atoms with Crippen LogP contribution < -0.4 is 0 Å². The molecule has 0 amide bonds. The monoisotopic (exact) mass is 214 g/mol. The molecular formula is C11H22N2O2. The molecule has 0 aromatic heterocycles. The average molecular weight is 214 g/mol. The van der Waals surface area contributed by atoms with Gasteiger partial charge in [0.2, 0.25) is 0 Å². The first kappa shape index (κ1) is 12.5. The molecule has 15 heavy (non-hydrogen) atoms. The van der Waals surface area contributed by atoms with Crippen molar-refractivity contribution in [1.29, 1.82) is 0 Å². The zero-order chi connectivity index (χ0) is 11.3. The molecule has 1 saturated carbocycles. The van der Waals surface area contributed by atoms with E-state index < -0.39 is 5.97 Å². The van der Waals surface area contributed by atoms with Crippen LogP contribution in [0, 0.1) is 0 Å². The number of aliphatic carboxylic acids is 1. The van der Waals surface area contributed by atoms with E-state index in [1.165, 1.54) is 12.8 Å². The van der Waals surface area contributed by atoms with Crippen molar-refractivity contribution in [3.8, 4) is 0 Å². The lowest BCUT2D eigenvalue weighted by atomic mass is 10.3. The molecule has 1 aliphatic carbocycles. The topological polar surface area (TPSA) is 43.8 Å². The van der Waals surface area contributed by atoms with Gasteiger partial charge in [0.05, 0.1) is 6.42 Å². The normalized spacial score (nSPS) is 16.3. The van der Waals surface area contributed by atoms with E-state index in [9.17, 15) is 4.79 Å². The minimum atomic E-state index is -0.687. The Balaban J connectivity index is 2.15. The van der Waals surface area contributed by atoms with Crippen molar-refractivity contribution in [2.24, 2.45) is 0 Å². The van der Waals surface area contributed by atoms with E-state index in [-0.39, 0.29) is 6.42 Å². The van der Waals surface area contributed by atoms with Crippen molar-refractivity contribution in [2.45, 2.75) is 31.7 Å². The van der Waals surface area contributed by atoms with Crippen molar-refractivity contribution < 1.29 is 9.90 Å². The van der Waals surface area contributed by atoms with E-state index in [1.54, 1.807) is 0 Å². The Kier molecular flexibility index (Phi) is 5.05. The van der Waals surface area contributed by atoms with E-state index in [0.29, 0.717) is 12.6 Å². The quantitative estimate of drug-likeness (QED) is 0.651. The minimum absolute atomic E-state index is 0.276. The fraction of sp³-hybridized carbons (Fsp3) is 0.909. The molecule has 0 spiro atoms. The zero-order valence-electron chi connectivity index (χ0n) is 9.78. The molecule has 1 N–H and O–H groups in total. The summed E-state index contributed by atoms with van der Waals surface area (Å²) < 4.78 is 0. The van der Waals surface area contributed by atoms with Crippen LogP contribution in [0.1, 0.15) is 25.7 Å². The number of hydrogen-bond donors (Lipinski definition) is 1. The summed E-state index contributed by atoms with van der Waals surface area (Å²) in [4.78, 5) is 15.0. The van der Waals surface area contributed by atoms with E-state index in [2.05, 4.69) is 23.9 Å². The predicted molar refractivity (Wildman–Crippen MR) is 60.0 cm³/mol. The van der Waals surface area contributed by atoms with Gasteiger partial charge in [0, 0.05) is 12.6 Å². The molecule has 1 rings (SSSR count). The molecule has 0 atom stereocenters. The second kappa shape index (κ2) is 6.08. The maximum atomic E-state index is 10.5. The highest BCUT2D eigenvalue weighted by atomic mass is 16.4. The number of hydrogen-bond acceptors (Lipinski definition) is 3. The van der Waals surface area contributed by atoms with Gasteiger partial charge >= 0.3 is 5.97 Å². The van der Waals surface area contributed by atoms with E-state index in [0.717, 1.165) is 19.5 Å². The van der Waals surface area contributed by atoms with Gasteiger partial charge in [-0.15, -0.1) is 0 Å². The Morgan fingerprint density at radius 2 is 1.93 bits per heavy atom. The third-order valence-corrected chi connectivity index (χ3v) is 2.73. The smallest absolute Gasteiger partial charge is 0.304 e. The highest BCUT2D eigenvalue weighted by Crippen LogP contribution is 2.26. The summed E-state index contributed by atoms with van der Waals surface area (Å²) in [5.74, 6) is -0.687. The number of carboxylic acid groups (broad SMARTS) is 1. The Bertz CT molecular complexity index is 203. The molecule has 0 bridgehead atoms. The molecule has 0 aromatic carbocycles. The summed E-state index contributed by atoms with van der Waals surface area (Å²) in [7, 11) is 4.14. The van der Waals surface area contributed by atoms with Gasteiger partial charge in [0.25, 0.3) is 0 Å². The molecule has 1 fully saturated rings. The number of carbonyl (C=O) groups is 1. The van der Waals surface area contributed by atoms with Crippen molar-refractivity contribution in [1.82, 2.24) is 9.80 Å². The highest BCUT2D eigenvalue weighted by Gasteiger charge is 2.28. The van der Waals surface area contributed by atoms with Crippen LogP contribution in [0.4, 0.5) is 0 Å². The molecule has 1 aliphatic rings. The SMILES string of the molecule is CN(C)CCCN(CCC(=O)O)C1CC1. The van der Waals surface area contributed by atoms with Crippen molar-refractivity contribution in [2.75, 3.05) is 33.7 Å². The van der Waals surface area contributed by atoms with Crippen LogP contribution in [-0.4, -0.2) is 60.6 Å². The van der Waals surface area contributed by atoms with Gasteiger partial charge in [-0.05, 0) is 46.4 Å². The van der Waals surface area contributed by atoms with Gasteiger partial charge in [-0.3, -0.25) is 9.69 Å². The summed E-state index contributed by atoms with van der Waals surface area (Å²) in [5, 5.41) is 8.64. The number of nitrogens with zero attached hydrogens (tertiary/aromatic N) is 2. The summed E-state index contributed by atoms with van der Waals surface area (Å²) in [6.45, 7) is 2.83. The van der Waals surface area contributed by atoms with Crippen LogP contribution in [0.2, 0.25) is 0 Å². The van der Waals surface area contributed by atoms with Gasteiger partial charge in [0.1, 0.15) is 0 Å². The maximum Gasteiger partial charge on any atom is 0.304 e. The summed E-state index contributed by atoms with van der Waals surface area (Å²) >= 11 is 0. The van der Waals surface area contributed by atoms with Gasteiger partial charge in [-0.2, -0.15) is 0 Å². The Morgan fingerprint density at radius 3 is 2.40 bits per heavy atom. The van der Waals surface area contributed by atoms with E-state index in [4.69, 9.17) is 5.11 Å². The first-order valence-corrected chi connectivity index (χ1v) is 5.70. The van der Waals surface area contributed by atoms with Crippen molar-refractivity contribution in [3.63, 3.8) is 0 Å².